The molecule has 1 fully saturated rings. The van der Waals surface area contributed by atoms with Gasteiger partial charge in [-0.25, -0.2) is 0 Å². The minimum atomic E-state index is -0.155. The van der Waals surface area contributed by atoms with Crippen molar-refractivity contribution in [1.29, 1.82) is 0 Å². The van der Waals surface area contributed by atoms with Crippen LogP contribution < -0.4 is 0 Å². The second-order valence-corrected chi connectivity index (χ2v) is 6.22. The van der Waals surface area contributed by atoms with Gasteiger partial charge >= 0.3 is 0 Å². The highest BCUT2D eigenvalue weighted by Crippen LogP contribution is 2.30. The van der Waals surface area contributed by atoms with Gasteiger partial charge in [0, 0.05) is 44.4 Å². The zero-order valence-electron chi connectivity index (χ0n) is 13.2. The van der Waals surface area contributed by atoms with Crippen LogP contribution >= 0.6 is 0 Å². The van der Waals surface area contributed by atoms with E-state index in [9.17, 15) is 19.2 Å². The maximum atomic E-state index is 11.8. The van der Waals surface area contributed by atoms with Gasteiger partial charge in [0.05, 0.1) is 0 Å². The Morgan fingerprint density at radius 1 is 1.00 bits per heavy atom. The molecular formula is C17H26O4. The lowest BCUT2D eigenvalue weighted by atomic mass is 9.77. The van der Waals surface area contributed by atoms with Gasteiger partial charge in [0.2, 0.25) is 0 Å². The number of rotatable bonds is 9. The van der Waals surface area contributed by atoms with Crippen LogP contribution in [0.3, 0.4) is 0 Å². The van der Waals surface area contributed by atoms with E-state index in [2.05, 4.69) is 0 Å². The highest BCUT2D eigenvalue weighted by atomic mass is 16.1. The minimum Gasteiger partial charge on any atom is -0.300 e. The second kappa shape index (κ2) is 8.85. The van der Waals surface area contributed by atoms with Crippen LogP contribution in [0.5, 0.6) is 0 Å². The van der Waals surface area contributed by atoms with E-state index in [-0.39, 0.29) is 35.0 Å². The molecule has 0 heterocycles. The van der Waals surface area contributed by atoms with Gasteiger partial charge in [-0.3, -0.25) is 19.2 Å². The topological polar surface area (TPSA) is 68.3 Å². The molecule has 1 aliphatic carbocycles. The molecule has 0 saturated heterocycles. The largest absolute Gasteiger partial charge is 0.300 e. The van der Waals surface area contributed by atoms with Gasteiger partial charge in [-0.1, -0.05) is 6.92 Å². The van der Waals surface area contributed by atoms with E-state index >= 15 is 0 Å². The molecule has 4 heteroatoms. The molecule has 2 unspecified atom stereocenters. The van der Waals surface area contributed by atoms with Crippen molar-refractivity contribution in [3.63, 3.8) is 0 Å². The molecule has 21 heavy (non-hydrogen) atoms. The molecule has 0 aromatic heterocycles. The number of hydrogen-bond acceptors (Lipinski definition) is 4. The van der Waals surface area contributed by atoms with E-state index in [0.29, 0.717) is 44.9 Å². The van der Waals surface area contributed by atoms with Crippen molar-refractivity contribution in [3.8, 4) is 0 Å². The average molecular weight is 294 g/mol. The molecule has 0 radical (unpaired) electrons. The van der Waals surface area contributed by atoms with Crippen molar-refractivity contribution in [1.82, 2.24) is 0 Å². The Hall–Kier alpha value is -1.32. The maximum absolute atomic E-state index is 11.8. The third kappa shape index (κ3) is 6.78. The number of ketones is 4. The first-order chi connectivity index (χ1) is 9.92. The number of Topliss-reactive ketones (excluding diaryl/α,β-unsaturated/α-hetero) is 4. The van der Waals surface area contributed by atoms with Gasteiger partial charge in [-0.2, -0.15) is 0 Å². The molecule has 118 valence electrons. The van der Waals surface area contributed by atoms with Crippen LogP contribution in [-0.2, 0) is 19.2 Å². The van der Waals surface area contributed by atoms with Gasteiger partial charge < -0.3 is 0 Å². The van der Waals surface area contributed by atoms with Gasteiger partial charge in [0.15, 0.2) is 0 Å². The molecule has 1 aliphatic rings. The van der Waals surface area contributed by atoms with Crippen molar-refractivity contribution >= 4 is 23.1 Å². The smallest absolute Gasteiger partial charge is 0.133 e. The monoisotopic (exact) mass is 294 g/mol. The molecule has 0 spiro atoms. The van der Waals surface area contributed by atoms with Crippen LogP contribution in [0.15, 0.2) is 0 Å². The summed E-state index contributed by atoms with van der Waals surface area (Å²) in [7, 11) is 0. The predicted octanol–water partition coefficient (Wildman–Crippen LogP) is 3.06. The van der Waals surface area contributed by atoms with Crippen molar-refractivity contribution < 1.29 is 19.2 Å². The standard InChI is InChI=1S/C17H26O4/c1-3-4-15(19)7-8-16(20)6-5-13-9-14(12(2)18)11-17(21)10-13/h13-14H,3-11H2,1-2H3. The molecule has 1 saturated carbocycles. The highest BCUT2D eigenvalue weighted by molar-refractivity contribution is 5.88. The molecule has 0 aliphatic heterocycles. The third-order valence-electron chi connectivity index (χ3n) is 4.23. The third-order valence-corrected chi connectivity index (χ3v) is 4.23. The Kier molecular flexibility index (Phi) is 7.48. The molecular weight excluding hydrogens is 268 g/mol. The second-order valence-electron chi connectivity index (χ2n) is 6.22. The summed E-state index contributed by atoms with van der Waals surface area (Å²) in [4.78, 5) is 46.2. The van der Waals surface area contributed by atoms with Crippen LogP contribution in [0, 0.1) is 11.8 Å². The SMILES string of the molecule is CCCC(=O)CCC(=O)CCC1CC(=O)CC(C(C)=O)C1. The Balaban J connectivity index is 2.30. The van der Waals surface area contributed by atoms with E-state index in [1.54, 1.807) is 0 Å². The fourth-order valence-corrected chi connectivity index (χ4v) is 2.95. The fourth-order valence-electron chi connectivity index (χ4n) is 2.95. The van der Waals surface area contributed by atoms with Gasteiger partial charge in [-0.05, 0) is 32.1 Å². The van der Waals surface area contributed by atoms with Crippen LogP contribution in [0.2, 0.25) is 0 Å². The quantitative estimate of drug-likeness (QED) is 0.655. The lowest BCUT2D eigenvalue weighted by molar-refractivity contribution is -0.130. The Bertz CT molecular complexity index is 411. The Labute approximate surface area is 126 Å². The van der Waals surface area contributed by atoms with Crippen LogP contribution in [0.4, 0.5) is 0 Å². The summed E-state index contributed by atoms with van der Waals surface area (Å²) in [5.41, 5.74) is 0. The van der Waals surface area contributed by atoms with E-state index in [1.165, 1.54) is 6.92 Å². The van der Waals surface area contributed by atoms with E-state index < -0.39 is 0 Å². The van der Waals surface area contributed by atoms with Crippen LogP contribution in [0.1, 0.15) is 71.6 Å². The number of hydrogen-bond donors (Lipinski definition) is 0. The minimum absolute atomic E-state index is 0.0736. The van der Waals surface area contributed by atoms with Crippen molar-refractivity contribution in [2.75, 3.05) is 0 Å². The molecule has 4 nitrogen and oxygen atoms in total. The molecule has 0 amide bonds. The lowest BCUT2D eigenvalue weighted by Crippen LogP contribution is -2.27. The molecule has 0 aromatic rings. The first kappa shape index (κ1) is 17.7. The van der Waals surface area contributed by atoms with E-state index in [4.69, 9.17) is 0 Å². The molecule has 2 atom stereocenters. The number of carbonyl (C=O) groups excluding carboxylic acids is 4. The van der Waals surface area contributed by atoms with Crippen molar-refractivity contribution in [2.45, 2.75) is 71.6 Å². The Morgan fingerprint density at radius 3 is 2.19 bits per heavy atom. The summed E-state index contributed by atoms with van der Waals surface area (Å²) in [6.07, 6.45) is 4.69. The van der Waals surface area contributed by atoms with E-state index in [0.717, 1.165) is 12.8 Å². The van der Waals surface area contributed by atoms with Gasteiger partial charge in [0.25, 0.3) is 0 Å². The van der Waals surface area contributed by atoms with Gasteiger partial charge in [0.1, 0.15) is 23.1 Å². The zero-order chi connectivity index (χ0) is 15.8. The van der Waals surface area contributed by atoms with Gasteiger partial charge in [-0.15, -0.1) is 0 Å². The average Bonchev–Trinajstić information content (AvgIpc) is 2.42. The molecule has 0 aromatic carbocycles. The van der Waals surface area contributed by atoms with Crippen molar-refractivity contribution in [2.24, 2.45) is 11.8 Å². The Morgan fingerprint density at radius 2 is 1.62 bits per heavy atom. The zero-order valence-corrected chi connectivity index (χ0v) is 13.2. The van der Waals surface area contributed by atoms with Crippen molar-refractivity contribution in [3.05, 3.63) is 0 Å². The van der Waals surface area contributed by atoms with Crippen LogP contribution in [0.25, 0.3) is 0 Å². The molecule has 1 rings (SSSR count). The fraction of sp³-hybridized carbons (Fsp3) is 0.765. The summed E-state index contributed by atoms with van der Waals surface area (Å²) >= 11 is 0. The highest BCUT2D eigenvalue weighted by Gasteiger charge is 2.29. The summed E-state index contributed by atoms with van der Waals surface area (Å²) in [5, 5.41) is 0. The number of carbonyl (C=O) groups is 4. The first-order valence-electron chi connectivity index (χ1n) is 7.97. The summed E-state index contributed by atoms with van der Waals surface area (Å²) in [6.45, 7) is 3.48. The summed E-state index contributed by atoms with van der Waals surface area (Å²) in [6, 6.07) is 0. The van der Waals surface area contributed by atoms with Crippen LogP contribution in [-0.4, -0.2) is 23.1 Å². The normalized spacial score (nSPS) is 22.1. The maximum Gasteiger partial charge on any atom is 0.133 e. The summed E-state index contributed by atoms with van der Waals surface area (Å²) in [5.74, 6) is 0.446. The molecule has 0 N–H and O–H groups in total. The van der Waals surface area contributed by atoms with E-state index in [1.807, 2.05) is 6.92 Å². The lowest BCUT2D eigenvalue weighted by Gasteiger charge is -2.26. The summed E-state index contributed by atoms with van der Waals surface area (Å²) < 4.78 is 0. The molecule has 0 bridgehead atoms. The first-order valence-corrected chi connectivity index (χ1v) is 7.97. The predicted molar refractivity (Wildman–Crippen MR) is 79.9 cm³/mol.